The number of nitrogens with two attached hydrogens (primary N) is 1. The first-order valence-electron chi connectivity index (χ1n) is 6.90. The van der Waals surface area contributed by atoms with Crippen LogP contribution in [-0.4, -0.2) is 25.3 Å². The molecular formula is C17H19NO4. The van der Waals surface area contributed by atoms with E-state index in [0.717, 1.165) is 11.1 Å². The molecule has 0 bridgehead atoms. The van der Waals surface area contributed by atoms with Crippen LogP contribution in [0.5, 0.6) is 11.5 Å². The molecule has 3 N–H and O–H groups in total. The van der Waals surface area contributed by atoms with E-state index < -0.39 is 5.97 Å². The second-order valence-electron chi connectivity index (χ2n) is 4.78. The van der Waals surface area contributed by atoms with Gasteiger partial charge in [-0.15, -0.1) is 0 Å². The van der Waals surface area contributed by atoms with Crippen LogP contribution in [-0.2, 0) is 6.42 Å². The van der Waals surface area contributed by atoms with Gasteiger partial charge in [0.2, 0.25) is 0 Å². The lowest BCUT2D eigenvalue weighted by Crippen LogP contribution is -2.05. The fraction of sp³-hybridized carbons (Fsp3) is 0.235. The molecule has 0 unspecified atom stereocenters. The van der Waals surface area contributed by atoms with Crippen LogP contribution in [0.15, 0.2) is 30.3 Å². The van der Waals surface area contributed by atoms with Gasteiger partial charge in [0.05, 0.1) is 19.8 Å². The van der Waals surface area contributed by atoms with Crippen LogP contribution in [0.1, 0.15) is 22.8 Å². The Morgan fingerprint density at radius 2 is 1.82 bits per heavy atom. The topological polar surface area (TPSA) is 81.8 Å². The van der Waals surface area contributed by atoms with Gasteiger partial charge in [-0.1, -0.05) is 13.0 Å². The van der Waals surface area contributed by atoms with Gasteiger partial charge < -0.3 is 20.3 Å². The average Bonchev–Trinajstić information content (AvgIpc) is 2.53. The molecule has 116 valence electrons. The summed E-state index contributed by atoms with van der Waals surface area (Å²) in [7, 11) is 3.10. The molecule has 0 atom stereocenters. The molecule has 0 aromatic heterocycles. The predicted octanol–water partition coefficient (Wildman–Crippen LogP) is 3.21. The van der Waals surface area contributed by atoms with E-state index in [4.69, 9.17) is 15.2 Å². The lowest BCUT2D eigenvalue weighted by Gasteiger charge is -2.16. The minimum absolute atomic E-state index is 0.221. The third-order valence-corrected chi connectivity index (χ3v) is 3.61. The lowest BCUT2D eigenvalue weighted by molar-refractivity contribution is 0.0697. The van der Waals surface area contributed by atoms with Crippen LogP contribution in [0.3, 0.4) is 0 Å². The molecule has 2 rings (SSSR count). The van der Waals surface area contributed by atoms with Gasteiger partial charge in [0.1, 0.15) is 0 Å². The number of hydrogen-bond acceptors (Lipinski definition) is 4. The van der Waals surface area contributed by atoms with Crippen LogP contribution in [0.2, 0.25) is 0 Å². The van der Waals surface area contributed by atoms with Crippen molar-refractivity contribution in [2.45, 2.75) is 13.3 Å². The van der Waals surface area contributed by atoms with Gasteiger partial charge in [-0.2, -0.15) is 0 Å². The zero-order chi connectivity index (χ0) is 16.3. The van der Waals surface area contributed by atoms with Crippen molar-refractivity contribution in [1.29, 1.82) is 0 Å². The summed E-state index contributed by atoms with van der Waals surface area (Å²) in [5.41, 5.74) is 8.99. The van der Waals surface area contributed by atoms with E-state index in [-0.39, 0.29) is 5.56 Å². The largest absolute Gasteiger partial charge is 0.493 e. The third-order valence-electron chi connectivity index (χ3n) is 3.61. The van der Waals surface area contributed by atoms with E-state index in [2.05, 4.69) is 0 Å². The fourth-order valence-electron chi connectivity index (χ4n) is 2.54. The number of hydrogen-bond donors (Lipinski definition) is 2. The number of carboxylic acids is 1. The molecule has 0 aliphatic rings. The summed E-state index contributed by atoms with van der Waals surface area (Å²) in [5.74, 6) is 0.144. The number of carboxylic acid groups (broad SMARTS) is 1. The maximum absolute atomic E-state index is 11.6. The summed E-state index contributed by atoms with van der Waals surface area (Å²) in [6.45, 7) is 1.95. The Labute approximate surface area is 129 Å². The zero-order valence-electron chi connectivity index (χ0n) is 12.8. The van der Waals surface area contributed by atoms with Gasteiger partial charge in [-0.05, 0) is 41.8 Å². The molecular weight excluding hydrogens is 282 g/mol. The van der Waals surface area contributed by atoms with Crippen molar-refractivity contribution in [2.75, 3.05) is 20.0 Å². The number of methoxy groups -OCH3 is 2. The van der Waals surface area contributed by atoms with E-state index in [0.29, 0.717) is 29.2 Å². The first-order chi connectivity index (χ1) is 10.5. The second-order valence-corrected chi connectivity index (χ2v) is 4.78. The molecule has 0 radical (unpaired) electrons. The van der Waals surface area contributed by atoms with Gasteiger partial charge >= 0.3 is 5.97 Å². The summed E-state index contributed by atoms with van der Waals surface area (Å²) in [4.78, 5) is 11.6. The normalized spacial score (nSPS) is 10.3. The number of aromatic carboxylic acids is 1. The van der Waals surface area contributed by atoms with Crippen molar-refractivity contribution >= 4 is 11.7 Å². The van der Waals surface area contributed by atoms with Crippen LogP contribution in [0.4, 0.5) is 5.69 Å². The van der Waals surface area contributed by atoms with E-state index in [9.17, 15) is 9.90 Å². The van der Waals surface area contributed by atoms with Crippen LogP contribution in [0, 0.1) is 0 Å². The quantitative estimate of drug-likeness (QED) is 0.829. The molecule has 0 saturated carbocycles. The Kier molecular flexibility index (Phi) is 4.56. The first kappa shape index (κ1) is 15.7. The molecule has 2 aromatic carbocycles. The summed E-state index contributed by atoms with van der Waals surface area (Å²) in [6.07, 6.45) is 0.636. The molecule has 0 amide bonds. The van der Waals surface area contributed by atoms with Crippen LogP contribution >= 0.6 is 0 Å². The number of ether oxygens (including phenoxy) is 2. The zero-order valence-corrected chi connectivity index (χ0v) is 12.8. The van der Waals surface area contributed by atoms with E-state index in [1.54, 1.807) is 32.4 Å². The lowest BCUT2D eigenvalue weighted by atomic mass is 9.91. The molecule has 0 saturated heterocycles. The Bertz CT molecular complexity index is 710. The van der Waals surface area contributed by atoms with Gasteiger partial charge in [0.25, 0.3) is 0 Å². The van der Waals surface area contributed by atoms with Crippen molar-refractivity contribution in [2.24, 2.45) is 0 Å². The molecule has 0 aliphatic heterocycles. The second kappa shape index (κ2) is 6.39. The summed E-state index contributed by atoms with van der Waals surface area (Å²) in [5, 5.41) is 9.47. The third kappa shape index (κ3) is 2.70. The molecule has 5 nitrogen and oxygen atoms in total. The number of rotatable bonds is 5. The monoisotopic (exact) mass is 301 g/mol. The maximum Gasteiger partial charge on any atom is 0.336 e. The highest BCUT2D eigenvalue weighted by Gasteiger charge is 2.18. The van der Waals surface area contributed by atoms with Crippen molar-refractivity contribution in [1.82, 2.24) is 0 Å². The van der Waals surface area contributed by atoms with Crippen molar-refractivity contribution < 1.29 is 19.4 Å². The minimum atomic E-state index is -0.987. The fourth-order valence-corrected chi connectivity index (χ4v) is 2.54. The van der Waals surface area contributed by atoms with Crippen LogP contribution in [0.25, 0.3) is 11.1 Å². The Hall–Kier alpha value is -2.69. The highest BCUT2D eigenvalue weighted by molar-refractivity contribution is 5.98. The highest BCUT2D eigenvalue weighted by Crippen LogP contribution is 2.37. The van der Waals surface area contributed by atoms with Gasteiger partial charge in [-0.3, -0.25) is 0 Å². The molecule has 0 heterocycles. The number of anilines is 1. The standard InChI is InChI=1S/C17H19NO4/c1-4-11-13(18)7-6-12(17(19)20)16(11)10-5-8-14(21-2)15(9-10)22-3/h5-9H,4,18H2,1-3H3,(H,19,20). The van der Waals surface area contributed by atoms with Gasteiger partial charge in [0.15, 0.2) is 11.5 Å². The molecule has 0 aliphatic carbocycles. The summed E-state index contributed by atoms with van der Waals surface area (Å²) >= 11 is 0. The Morgan fingerprint density at radius 3 is 2.36 bits per heavy atom. The maximum atomic E-state index is 11.6. The number of benzene rings is 2. The highest BCUT2D eigenvalue weighted by atomic mass is 16.5. The van der Waals surface area contributed by atoms with Crippen molar-refractivity contribution in [3.63, 3.8) is 0 Å². The van der Waals surface area contributed by atoms with Crippen molar-refractivity contribution in [3.05, 3.63) is 41.5 Å². The molecule has 0 spiro atoms. The van der Waals surface area contributed by atoms with E-state index in [1.807, 2.05) is 13.0 Å². The first-order valence-corrected chi connectivity index (χ1v) is 6.90. The predicted molar refractivity (Wildman–Crippen MR) is 85.7 cm³/mol. The SMILES string of the molecule is CCc1c(N)ccc(C(=O)O)c1-c1ccc(OC)c(OC)c1. The van der Waals surface area contributed by atoms with E-state index >= 15 is 0 Å². The summed E-state index contributed by atoms with van der Waals surface area (Å²) < 4.78 is 10.5. The molecule has 0 fully saturated rings. The summed E-state index contributed by atoms with van der Waals surface area (Å²) in [6, 6.07) is 8.48. The van der Waals surface area contributed by atoms with Gasteiger partial charge in [-0.25, -0.2) is 4.79 Å². The van der Waals surface area contributed by atoms with Gasteiger partial charge in [0, 0.05) is 11.3 Å². The average molecular weight is 301 g/mol. The molecule has 22 heavy (non-hydrogen) atoms. The Morgan fingerprint density at radius 1 is 1.14 bits per heavy atom. The number of nitrogen functional groups attached to an aromatic ring is 1. The molecule has 2 aromatic rings. The Balaban J connectivity index is 2.75. The number of carbonyl (C=O) groups is 1. The molecule has 5 heteroatoms. The minimum Gasteiger partial charge on any atom is -0.493 e. The van der Waals surface area contributed by atoms with E-state index in [1.165, 1.54) is 6.07 Å². The van der Waals surface area contributed by atoms with Crippen LogP contribution < -0.4 is 15.2 Å². The smallest absolute Gasteiger partial charge is 0.336 e. The van der Waals surface area contributed by atoms with Crippen molar-refractivity contribution in [3.8, 4) is 22.6 Å².